The van der Waals surface area contributed by atoms with Crippen molar-refractivity contribution in [2.24, 2.45) is 0 Å². The van der Waals surface area contributed by atoms with Crippen LogP contribution in [0.2, 0.25) is 0 Å². The molecule has 1 aliphatic carbocycles. The van der Waals surface area contributed by atoms with E-state index in [1.54, 1.807) is 0 Å². The van der Waals surface area contributed by atoms with Crippen LogP contribution in [0.1, 0.15) is 52.9 Å². The molecule has 1 N–H and O–H groups in total. The number of hydrogen-bond donors (Lipinski definition) is 1. The molecule has 2 rings (SSSR count). The normalized spacial score (nSPS) is 19.5. The SMILES string of the molecule is CCCOc1ccc(NC(=O)OC2CCCCC2N(CC)CC)cc1.Cl. The Bertz CT molecular complexity index is 520. The molecule has 2 unspecified atom stereocenters. The molecule has 1 aliphatic rings. The molecular weight excluding hydrogens is 352 g/mol. The average Bonchev–Trinajstić information content (AvgIpc) is 2.63. The lowest BCUT2D eigenvalue weighted by atomic mass is 9.91. The summed E-state index contributed by atoms with van der Waals surface area (Å²) in [5.74, 6) is 0.814. The van der Waals surface area contributed by atoms with Gasteiger partial charge in [0, 0.05) is 11.7 Å². The van der Waals surface area contributed by atoms with Gasteiger partial charge in [0.2, 0.25) is 0 Å². The van der Waals surface area contributed by atoms with Crippen molar-refractivity contribution in [1.82, 2.24) is 4.90 Å². The number of rotatable bonds is 8. The molecule has 2 atom stereocenters. The molecule has 0 spiro atoms. The fraction of sp³-hybridized carbons (Fsp3) is 0.650. The molecule has 0 radical (unpaired) electrons. The first-order valence-electron chi connectivity index (χ1n) is 9.62. The minimum atomic E-state index is -0.369. The van der Waals surface area contributed by atoms with Crippen LogP contribution in [0.25, 0.3) is 0 Å². The van der Waals surface area contributed by atoms with E-state index < -0.39 is 0 Å². The van der Waals surface area contributed by atoms with Gasteiger partial charge in [-0.1, -0.05) is 27.2 Å². The van der Waals surface area contributed by atoms with Crippen LogP contribution in [0.3, 0.4) is 0 Å². The van der Waals surface area contributed by atoms with Gasteiger partial charge in [-0.15, -0.1) is 12.4 Å². The Morgan fingerprint density at radius 2 is 1.77 bits per heavy atom. The lowest BCUT2D eigenvalue weighted by Gasteiger charge is -2.38. The first-order chi connectivity index (χ1) is 12.2. The van der Waals surface area contributed by atoms with E-state index in [9.17, 15) is 4.79 Å². The molecule has 0 bridgehead atoms. The van der Waals surface area contributed by atoms with Gasteiger partial charge < -0.3 is 9.47 Å². The topological polar surface area (TPSA) is 50.8 Å². The lowest BCUT2D eigenvalue weighted by Crippen LogP contribution is -2.47. The lowest BCUT2D eigenvalue weighted by molar-refractivity contribution is 0.0125. The molecule has 5 nitrogen and oxygen atoms in total. The Labute approximate surface area is 163 Å². The maximum atomic E-state index is 12.3. The number of nitrogens with zero attached hydrogens (tertiary/aromatic N) is 1. The molecule has 6 heteroatoms. The summed E-state index contributed by atoms with van der Waals surface area (Å²) in [4.78, 5) is 14.7. The summed E-state index contributed by atoms with van der Waals surface area (Å²) in [6.45, 7) is 9.07. The number of halogens is 1. The summed E-state index contributed by atoms with van der Waals surface area (Å²) in [5.41, 5.74) is 0.726. The maximum Gasteiger partial charge on any atom is 0.411 e. The van der Waals surface area contributed by atoms with Gasteiger partial charge in [0.05, 0.1) is 6.61 Å². The van der Waals surface area contributed by atoms with E-state index in [0.717, 1.165) is 50.2 Å². The first kappa shape index (κ1) is 22.6. The van der Waals surface area contributed by atoms with Crippen molar-refractivity contribution >= 4 is 24.2 Å². The summed E-state index contributed by atoms with van der Waals surface area (Å²) < 4.78 is 11.3. The number of carbonyl (C=O) groups excluding carboxylic acids is 1. The summed E-state index contributed by atoms with van der Waals surface area (Å²) >= 11 is 0. The van der Waals surface area contributed by atoms with Gasteiger partial charge in [0.25, 0.3) is 0 Å². The Balaban J connectivity index is 0.00000338. The van der Waals surface area contributed by atoms with E-state index in [1.807, 2.05) is 24.3 Å². The minimum Gasteiger partial charge on any atom is -0.494 e. The number of amides is 1. The predicted molar refractivity (Wildman–Crippen MR) is 109 cm³/mol. The van der Waals surface area contributed by atoms with Crippen LogP contribution in [0, 0.1) is 0 Å². The summed E-state index contributed by atoms with van der Waals surface area (Å²) in [5, 5.41) is 2.83. The minimum absolute atomic E-state index is 0. The number of likely N-dealkylation sites (N-methyl/N-ethyl adjacent to an activating group) is 1. The molecular formula is C20H33ClN2O3. The van der Waals surface area contributed by atoms with Crippen LogP contribution >= 0.6 is 12.4 Å². The van der Waals surface area contributed by atoms with Crippen molar-refractivity contribution in [2.45, 2.75) is 65.0 Å². The van der Waals surface area contributed by atoms with Crippen molar-refractivity contribution in [1.29, 1.82) is 0 Å². The van der Waals surface area contributed by atoms with Crippen LogP contribution < -0.4 is 10.1 Å². The van der Waals surface area contributed by atoms with Gasteiger partial charge in [-0.3, -0.25) is 10.2 Å². The quantitative estimate of drug-likeness (QED) is 0.677. The number of carbonyl (C=O) groups is 1. The molecule has 1 fully saturated rings. The van der Waals surface area contributed by atoms with E-state index in [-0.39, 0.29) is 24.6 Å². The Morgan fingerprint density at radius 3 is 2.38 bits per heavy atom. The van der Waals surface area contributed by atoms with Crippen LogP contribution in [-0.2, 0) is 4.74 Å². The van der Waals surface area contributed by atoms with Gasteiger partial charge in [-0.05, 0) is 63.0 Å². The van der Waals surface area contributed by atoms with Crippen molar-refractivity contribution < 1.29 is 14.3 Å². The zero-order valence-electron chi connectivity index (χ0n) is 16.2. The number of hydrogen-bond acceptors (Lipinski definition) is 4. The molecule has 1 amide bonds. The van der Waals surface area contributed by atoms with Crippen LogP contribution in [0.5, 0.6) is 5.75 Å². The van der Waals surface area contributed by atoms with Crippen molar-refractivity contribution in [2.75, 3.05) is 25.0 Å². The predicted octanol–water partition coefficient (Wildman–Crippen LogP) is 5.10. The molecule has 148 valence electrons. The second-order valence-corrected chi connectivity index (χ2v) is 6.51. The number of benzene rings is 1. The average molecular weight is 385 g/mol. The monoisotopic (exact) mass is 384 g/mol. The summed E-state index contributed by atoms with van der Waals surface area (Å²) in [6, 6.07) is 7.75. The van der Waals surface area contributed by atoms with Crippen molar-refractivity contribution in [3.63, 3.8) is 0 Å². The highest BCUT2D eigenvalue weighted by atomic mass is 35.5. The Kier molecular flexibility index (Phi) is 10.4. The third-order valence-electron chi connectivity index (χ3n) is 4.78. The third kappa shape index (κ3) is 6.69. The fourth-order valence-electron chi connectivity index (χ4n) is 3.46. The number of nitrogens with one attached hydrogen (secondary N) is 1. The van der Waals surface area contributed by atoms with E-state index in [1.165, 1.54) is 6.42 Å². The Hall–Kier alpha value is -1.46. The second kappa shape index (κ2) is 12.0. The molecule has 0 aromatic heterocycles. The van der Waals surface area contributed by atoms with Crippen LogP contribution in [0.15, 0.2) is 24.3 Å². The highest BCUT2D eigenvalue weighted by Gasteiger charge is 2.31. The van der Waals surface area contributed by atoms with Crippen molar-refractivity contribution in [3.8, 4) is 5.75 Å². The van der Waals surface area contributed by atoms with Gasteiger partial charge >= 0.3 is 6.09 Å². The highest BCUT2D eigenvalue weighted by molar-refractivity contribution is 5.85. The summed E-state index contributed by atoms with van der Waals surface area (Å²) in [6.07, 6.45) is 4.95. The molecule has 26 heavy (non-hydrogen) atoms. The molecule has 0 saturated heterocycles. The van der Waals surface area contributed by atoms with E-state index >= 15 is 0 Å². The van der Waals surface area contributed by atoms with Crippen LogP contribution in [-0.4, -0.2) is 42.8 Å². The molecule has 1 saturated carbocycles. The third-order valence-corrected chi connectivity index (χ3v) is 4.78. The van der Waals surface area contributed by atoms with Crippen molar-refractivity contribution in [3.05, 3.63) is 24.3 Å². The molecule has 0 aliphatic heterocycles. The van der Waals surface area contributed by atoms with Gasteiger partial charge in [0.15, 0.2) is 0 Å². The zero-order valence-corrected chi connectivity index (χ0v) is 17.0. The largest absolute Gasteiger partial charge is 0.494 e. The second-order valence-electron chi connectivity index (χ2n) is 6.51. The highest BCUT2D eigenvalue weighted by Crippen LogP contribution is 2.26. The van der Waals surface area contributed by atoms with Gasteiger partial charge in [-0.2, -0.15) is 0 Å². The smallest absolute Gasteiger partial charge is 0.411 e. The molecule has 1 aromatic carbocycles. The van der Waals surface area contributed by atoms with Crippen LogP contribution in [0.4, 0.5) is 10.5 Å². The number of ether oxygens (including phenoxy) is 2. The maximum absolute atomic E-state index is 12.3. The van der Waals surface area contributed by atoms with E-state index in [0.29, 0.717) is 12.6 Å². The molecule has 0 heterocycles. The summed E-state index contributed by atoms with van der Waals surface area (Å²) in [7, 11) is 0. The first-order valence-corrected chi connectivity index (χ1v) is 9.62. The zero-order chi connectivity index (χ0) is 18.1. The van der Waals surface area contributed by atoms with Gasteiger partial charge in [-0.25, -0.2) is 4.79 Å². The van der Waals surface area contributed by atoms with Gasteiger partial charge in [0.1, 0.15) is 11.9 Å². The molecule has 1 aromatic rings. The standard InChI is InChI=1S/C20H32N2O3.ClH/c1-4-15-24-17-13-11-16(12-14-17)21-20(23)25-19-10-8-7-9-18(19)22(5-2)6-3;/h11-14,18-19H,4-10,15H2,1-3H3,(H,21,23);1H. The van der Waals surface area contributed by atoms with E-state index in [4.69, 9.17) is 9.47 Å². The Morgan fingerprint density at radius 1 is 1.12 bits per heavy atom. The van der Waals surface area contributed by atoms with E-state index in [2.05, 4.69) is 31.0 Å². The fourth-order valence-corrected chi connectivity index (χ4v) is 3.46. The number of anilines is 1.